The number of furan rings is 1. The molecular formula is C20H18BrNO4S. The maximum atomic E-state index is 12.8. The second-order valence-electron chi connectivity index (χ2n) is 6.10. The minimum absolute atomic E-state index is 0.0454. The van der Waals surface area contributed by atoms with Crippen LogP contribution in [-0.2, 0) is 22.1 Å². The maximum Gasteiger partial charge on any atom is 0.289 e. The average Bonchev–Trinajstić information content (AvgIpc) is 3.11. The van der Waals surface area contributed by atoms with Gasteiger partial charge in [-0.3, -0.25) is 4.79 Å². The molecule has 5 nitrogen and oxygen atoms in total. The van der Waals surface area contributed by atoms with Crippen LogP contribution in [0.2, 0.25) is 0 Å². The van der Waals surface area contributed by atoms with Gasteiger partial charge in [0.15, 0.2) is 15.6 Å². The number of carbonyl (C=O) groups excluding carboxylic acids is 1. The molecular weight excluding hydrogens is 430 g/mol. The van der Waals surface area contributed by atoms with E-state index in [1.54, 1.807) is 25.2 Å². The minimum Gasteiger partial charge on any atom is -0.459 e. The van der Waals surface area contributed by atoms with Crippen molar-refractivity contribution in [3.8, 4) is 0 Å². The number of carbonyl (C=O) groups is 1. The van der Waals surface area contributed by atoms with E-state index in [2.05, 4.69) is 15.9 Å². The Labute approximate surface area is 166 Å². The zero-order valence-electron chi connectivity index (χ0n) is 14.6. The van der Waals surface area contributed by atoms with E-state index >= 15 is 0 Å². The van der Waals surface area contributed by atoms with E-state index < -0.39 is 9.84 Å². The zero-order valence-corrected chi connectivity index (χ0v) is 17.0. The van der Waals surface area contributed by atoms with Gasteiger partial charge in [-0.2, -0.15) is 0 Å². The predicted octanol–water partition coefficient (Wildman–Crippen LogP) is 4.29. The summed E-state index contributed by atoms with van der Waals surface area (Å²) < 4.78 is 31.4. The quantitative estimate of drug-likeness (QED) is 0.565. The highest BCUT2D eigenvalue weighted by atomic mass is 79.9. The number of halogens is 1. The average molecular weight is 448 g/mol. The van der Waals surface area contributed by atoms with Gasteiger partial charge in [0.2, 0.25) is 0 Å². The van der Waals surface area contributed by atoms with Gasteiger partial charge in [-0.25, -0.2) is 8.42 Å². The van der Waals surface area contributed by atoms with Crippen LogP contribution in [0.5, 0.6) is 0 Å². The third kappa shape index (κ3) is 4.48. The van der Waals surface area contributed by atoms with Crippen molar-refractivity contribution in [3.05, 3.63) is 88.3 Å². The number of nitrogens with zero attached hydrogens (tertiary/aromatic N) is 1. The molecule has 2 aromatic carbocycles. The van der Waals surface area contributed by atoms with Crippen molar-refractivity contribution in [2.24, 2.45) is 0 Å². The first-order chi connectivity index (χ1) is 12.9. The fourth-order valence-corrected chi connectivity index (χ4v) is 4.47. The van der Waals surface area contributed by atoms with Crippen LogP contribution in [-0.4, -0.2) is 26.3 Å². The molecule has 27 heavy (non-hydrogen) atoms. The predicted molar refractivity (Wildman–Crippen MR) is 106 cm³/mol. The Morgan fingerprint density at radius 1 is 1.00 bits per heavy atom. The van der Waals surface area contributed by atoms with E-state index in [4.69, 9.17) is 4.42 Å². The molecule has 0 atom stereocenters. The van der Waals surface area contributed by atoms with Crippen molar-refractivity contribution in [2.75, 3.05) is 7.05 Å². The smallest absolute Gasteiger partial charge is 0.289 e. The molecule has 0 spiro atoms. The highest BCUT2D eigenvalue weighted by Gasteiger charge is 2.24. The van der Waals surface area contributed by atoms with Gasteiger partial charge in [-0.05, 0) is 29.8 Å². The molecule has 1 heterocycles. The van der Waals surface area contributed by atoms with Gasteiger partial charge in [0, 0.05) is 23.6 Å². The first kappa shape index (κ1) is 19.4. The summed E-state index contributed by atoms with van der Waals surface area (Å²) in [5.74, 6) is -0.615. The molecule has 3 aromatic rings. The number of hydrogen-bond donors (Lipinski definition) is 0. The second-order valence-corrected chi connectivity index (χ2v) is 8.94. The van der Waals surface area contributed by atoms with Gasteiger partial charge in [0.25, 0.3) is 5.91 Å². The van der Waals surface area contributed by atoms with E-state index in [9.17, 15) is 13.2 Å². The van der Waals surface area contributed by atoms with Gasteiger partial charge in [0.1, 0.15) is 0 Å². The topological polar surface area (TPSA) is 67.6 Å². The lowest BCUT2D eigenvalue weighted by Crippen LogP contribution is -2.27. The Hall–Kier alpha value is -2.38. The van der Waals surface area contributed by atoms with Crippen molar-refractivity contribution in [3.63, 3.8) is 0 Å². The Morgan fingerprint density at radius 3 is 2.37 bits per heavy atom. The Balaban J connectivity index is 1.80. The van der Waals surface area contributed by atoms with Crippen LogP contribution in [0.4, 0.5) is 0 Å². The van der Waals surface area contributed by atoms with Crippen molar-refractivity contribution in [1.29, 1.82) is 0 Å². The summed E-state index contributed by atoms with van der Waals surface area (Å²) >= 11 is 3.46. The zero-order chi connectivity index (χ0) is 19.4. The molecule has 1 amide bonds. The van der Waals surface area contributed by atoms with Crippen molar-refractivity contribution < 1.29 is 17.6 Å². The molecule has 0 fully saturated rings. The van der Waals surface area contributed by atoms with Gasteiger partial charge in [-0.15, -0.1) is 0 Å². The summed E-state index contributed by atoms with van der Waals surface area (Å²) in [6.45, 7) is 0.367. The monoisotopic (exact) mass is 447 g/mol. The fraction of sp³-hybridized carbons (Fsp3) is 0.150. The summed E-state index contributed by atoms with van der Waals surface area (Å²) in [5.41, 5.74) is 1.29. The molecule has 0 unspecified atom stereocenters. The number of benzene rings is 2. The third-order valence-electron chi connectivity index (χ3n) is 4.10. The van der Waals surface area contributed by atoms with Gasteiger partial charge in [0.05, 0.1) is 16.9 Å². The lowest BCUT2D eigenvalue weighted by atomic mass is 10.2. The number of sulfone groups is 1. The Kier molecular flexibility index (Phi) is 5.82. The third-order valence-corrected chi connectivity index (χ3v) is 6.56. The molecule has 0 saturated carbocycles. The molecule has 0 aliphatic rings. The molecule has 7 heteroatoms. The first-order valence-corrected chi connectivity index (χ1v) is 10.7. The second kappa shape index (κ2) is 8.10. The van der Waals surface area contributed by atoms with Crippen LogP contribution >= 0.6 is 15.9 Å². The number of rotatable bonds is 6. The van der Waals surface area contributed by atoms with Crippen LogP contribution in [0.1, 0.15) is 21.7 Å². The van der Waals surface area contributed by atoms with Gasteiger partial charge >= 0.3 is 0 Å². The van der Waals surface area contributed by atoms with Gasteiger partial charge in [-0.1, -0.05) is 52.3 Å². The van der Waals surface area contributed by atoms with Crippen LogP contribution in [0.3, 0.4) is 0 Å². The summed E-state index contributed by atoms with van der Waals surface area (Å²) in [5, 5.41) is 0. The maximum absolute atomic E-state index is 12.8. The molecule has 1 aromatic heterocycles. The number of hydrogen-bond acceptors (Lipinski definition) is 4. The largest absolute Gasteiger partial charge is 0.459 e. The lowest BCUT2D eigenvalue weighted by molar-refractivity contribution is 0.0752. The first-order valence-electron chi connectivity index (χ1n) is 8.21. The Morgan fingerprint density at radius 2 is 1.67 bits per heavy atom. The highest BCUT2D eigenvalue weighted by molar-refractivity contribution is 9.10. The highest BCUT2D eigenvalue weighted by Crippen LogP contribution is 2.22. The molecule has 0 N–H and O–H groups in total. The van der Waals surface area contributed by atoms with E-state index in [0.717, 1.165) is 10.0 Å². The molecule has 0 radical (unpaired) electrons. The Bertz CT molecular complexity index is 1040. The molecule has 0 bridgehead atoms. The van der Waals surface area contributed by atoms with Crippen LogP contribution < -0.4 is 0 Å². The van der Waals surface area contributed by atoms with E-state index in [1.165, 1.54) is 29.4 Å². The van der Waals surface area contributed by atoms with Crippen molar-refractivity contribution >= 4 is 31.7 Å². The summed E-state index contributed by atoms with van der Waals surface area (Å²) in [6.07, 6.45) is 1.34. The van der Waals surface area contributed by atoms with Crippen LogP contribution in [0.25, 0.3) is 0 Å². The van der Waals surface area contributed by atoms with Crippen LogP contribution in [0, 0.1) is 0 Å². The molecule has 3 rings (SSSR count). The molecule has 0 aliphatic heterocycles. The molecule has 0 aliphatic carbocycles. The van der Waals surface area contributed by atoms with E-state index in [-0.39, 0.29) is 22.3 Å². The summed E-state index contributed by atoms with van der Waals surface area (Å²) in [7, 11) is -1.92. The lowest BCUT2D eigenvalue weighted by Gasteiger charge is -2.17. The number of amides is 1. The van der Waals surface area contributed by atoms with E-state index in [0.29, 0.717) is 12.1 Å². The van der Waals surface area contributed by atoms with Crippen LogP contribution in [0.15, 0.2) is 80.7 Å². The van der Waals surface area contributed by atoms with Gasteiger partial charge < -0.3 is 9.32 Å². The van der Waals surface area contributed by atoms with Crippen molar-refractivity contribution in [1.82, 2.24) is 4.90 Å². The fourth-order valence-electron chi connectivity index (χ4n) is 2.68. The SMILES string of the molecule is CN(Cc1ccccc1Br)C(=O)c1occc1CS(=O)(=O)c1ccccc1. The summed E-state index contributed by atoms with van der Waals surface area (Å²) in [4.78, 5) is 14.5. The minimum atomic E-state index is -3.57. The molecule has 140 valence electrons. The molecule has 0 saturated heterocycles. The summed E-state index contributed by atoms with van der Waals surface area (Å²) in [6, 6.07) is 17.3. The van der Waals surface area contributed by atoms with E-state index in [1.807, 2.05) is 24.3 Å². The normalized spacial score (nSPS) is 11.3. The van der Waals surface area contributed by atoms with Crippen molar-refractivity contribution in [2.45, 2.75) is 17.2 Å². The standard InChI is InChI=1S/C20H18BrNO4S/c1-22(13-15-7-5-6-10-18(15)21)20(23)19-16(11-12-26-19)14-27(24,25)17-8-3-2-4-9-17/h2-12H,13-14H2,1H3.